The fourth-order valence-corrected chi connectivity index (χ4v) is 1.86. The molecule has 6 nitrogen and oxygen atoms in total. The van der Waals surface area contributed by atoms with Crippen molar-refractivity contribution in [1.82, 2.24) is 10.3 Å². The first kappa shape index (κ1) is 15.5. The Balaban J connectivity index is 2.09. The van der Waals surface area contributed by atoms with Crippen molar-refractivity contribution in [3.8, 4) is 16.9 Å². The largest absolute Gasteiger partial charge is 0.505 e. The smallest absolute Gasteiger partial charge is 0.325 e. The third kappa shape index (κ3) is 3.82. The number of rotatable bonds is 5. The Labute approximate surface area is 127 Å². The van der Waals surface area contributed by atoms with Crippen LogP contribution in [0.4, 0.5) is 0 Å². The quantitative estimate of drug-likeness (QED) is 0.821. The lowest BCUT2D eigenvalue weighted by Gasteiger charge is -2.07. The number of nitrogens with one attached hydrogen (secondary N) is 1. The van der Waals surface area contributed by atoms with Crippen molar-refractivity contribution < 1.29 is 19.4 Å². The average Bonchev–Trinajstić information content (AvgIpc) is 2.53. The van der Waals surface area contributed by atoms with Crippen LogP contribution in [0.3, 0.4) is 0 Å². The van der Waals surface area contributed by atoms with Crippen LogP contribution in [0.2, 0.25) is 0 Å². The summed E-state index contributed by atoms with van der Waals surface area (Å²) in [5.41, 5.74) is 1.44. The first-order valence-electron chi connectivity index (χ1n) is 6.80. The summed E-state index contributed by atoms with van der Waals surface area (Å²) in [5, 5.41) is 12.3. The zero-order valence-corrected chi connectivity index (χ0v) is 12.1. The van der Waals surface area contributed by atoms with Crippen molar-refractivity contribution in [2.75, 3.05) is 13.2 Å². The lowest BCUT2D eigenvalue weighted by Crippen LogP contribution is -2.31. The standard InChI is InChI=1S/C16H16N2O4/c1-2-22-14(20)10-18-16(21)15-13(19)8-12(9-17-15)11-6-4-3-5-7-11/h3-9,19H,2,10H2,1H3,(H,18,21). The molecule has 6 heteroatoms. The molecule has 2 rings (SSSR count). The van der Waals surface area contributed by atoms with E-state index >= 15 is 0 Å². The van der Waals surface area contributed by atoms with Crippen LogP contribution < -0.4 is 5.32 Å². The van der Waals surface area contributed by atoms with E-state index in [2.05, 4.69) is 10.3 Å². The number of aromatic hydroxyl groups is 1. The third-order valence-electron chi connectivity index (χ3n) is 2.89. The maximum absolute atomic E-state index is 11.9. The Kier molecular flexibility index (Phi) is 5.08. The van der Waals surface area contributed by atoms with Crippen LogP contribution in [0.25, 0.3) is 11.1 Å². The van der Waals surface area contributed by atoms with Gasteiger partial charge in [0.2, 0.25) is 0 Å². The Morgan fingerprint density at radius 3 is 2.59 bits per heavy atom. The zero-order chi connectivity index (χ0) is 15.9. The highest BCUT2D eigenvalue weighted by Gasteiger charge is 2.15. The van der Waals surface area contributed by atoms with Gasteiger partial charge in [0.15, 0.2) is 5.69 Å². The van der Waals surface area contributed by atoms with Gasteiger partial charge in [-0.05, 0) is 18.6 Å². The molecule has 0 atom stereocenters. The second kappa shape index (κ2) is 7.21. The topological polar surface area (TPSA) is 88.5 Å². The van der Waals surface area contributed by atoms with Gasteiger partial charge in [0.05, 0.1) is 6.61 Å². The highest BCUT2D eigenvalue weighted by atomic mass is 16.5. The van der Waals surface area contributed by atoms with Gasteiger partial charge in [-0.2, -0.15) is 0 Å². The summed E-state index contributed by atoms with van der Waals surface area (Å²) in [7, 11) is 0. The number of carbonyl (C=O) groups is 2. The Hall–Kier alpha value is -2.89. The zero-order valence-electron chi connectivity index (χ0n) is 12.1. The van der Waals surface area contributed by atoms with Crippen molar-refractivity contribution in [2.45, 2.75) is 6.92 Å². The number of amides is 1. The molecule has 0 radical (unpaired) electrons. The number of carbonyl (C=O) groups excluding carboxylic acids is 2. The molecule has 0 unspecified atom stereocenters. The molecule has 0 saturated heterocycles. The Morgan fingerprint density at radius 1 is 1.23 bits per heavy atom. The molecule has 2 aromatic rings. The number of esters is 1. The second-order valence-electron chi connectivity index (χ2n) is 4.45. The Bertz CT molecular complexity index is 671. The average molecular weight is 300 g/mol. The summed E-state index contributed by atoms with van der Waals surface area (Å²) in [5.74, 6) is -1.43. The normalized spacial score (nSPS) is 10.0. The predicted octanol–water partition coefficient (Wildman–Crippen LogP) is 1.75. The summed E-state index contributed by atoms with van der Waals surface area (Å²) in [6.07, 6.45) is 1.49. The van der Waals surface area contributed by atoms with Crippen LogP contribution in [0.1, 0.15) is 17.4 Å². The molecular weight excluding hydrogens is 284 g/mol. The van der Waals surface area contributed by atoms with Gasteiger partial charge in [-0.3, -0.25) is 9.59 Å². The Morgan fingerprint density at radius 2 is 1.95 bits per heavy atom. The van der Waals surface area contributed by atoms with Crippen LogP contribution in [-0.2, 0) is 9.53 Å². The van der Waals surface area contributed by atoms with Crippen molar-refractivity contribution in [3.05, 3.63) is 48.3 Å². The molecule has 0 aliphatic carbocycles. The fraction of sp³-hybridized carbons (Fsp3) is 0.188. The fourth-order valence-electron chi connectivity index (χ4n) is 1.86. The summed E-state index contributed by atoms with van der Waals surface area (Å²) < 4.78 is 4.70. The van der Waals surface area contributed by atoms with Crippen LogP contribution in [0.15, 0.2) is 42.6 Å². The molecule has 1 aromatic carbocycles. The molecule has 1 heterocycles. The molecule has 2 N–H and O–H groups in total. The number of hydrogen-bond acceptors (Lipinski definition) is 5. The SMILES string of the molecule is CCOC(=O)CNC(=O)c1ncc(-c2ccccc2)cc1O. The minimum Gasteiger partial charge on any atom is -0.505 e. The molecule has 0 fully saturated rings. The van der Waals surface area contributed by atoms with Crippen LogP contribution in [0.5, 0.6) is 5.75 Å². The van der Waals surface area contributed by atoms with Gasteiger partial charge in [-0.15, -0.1) is 0 Å². The van der Waals surface area contributed by atoms with E-state index in [4.69, 9.17) is 4.74 Å². The van der Waals surface area contributed by atoms with E-state index in [1.165, 1.54) is 12.3 Å². The first-order valence-corrected chi connectivity index (χ1v) is 6.80. The predicted molar refractivity (Wildman–Crippen MR) is 80.3 cm³/mol. The van der Waals surface area contributed by atoms with Crippen molar-refractivity contribution in [3.63, 3.8) is 0 Å². The van der Waals surface area contributed by atoms with E-state index in [1.54, 1.807) is 6.92 Å². The molecule has 1 aromatic heterocycles. The van der Waals surface area contributed by atoms with Crippen LogP contribution >= 0.6 is 0 Å². The minimum atomic E-state index is -0.634. The van der Waals surface area contributed by atoms with Gasteiger partial charge in [0, 0.05) is 11.8 Å². The molecule has 0 spiro atoms. The summed E-state index contributed by atoms with van der Waals surface area (Å²) in [6.45, 7) is 1.65. The summed E-state index contributed by atoms with van der Waals surface area (Å²) in [4.78, 5) is 27.0. The van der Waals surface area contributed by atoms with E-state index in [0.717, 1.165) is 5.56 Å². The highest BCUT2D eigenvalue weighted by molar-refractivity contribution is 5.96. The molecular formula is C16H16N2O4. The van der Waals surface area contributed by atoms with Gasteiger partial charge < -0.3 is 15.2 Å². The molecule has 0 bridgehead atoms. The molecule has 1 amide bonds. The minimum absolute atomic E-state index is 0.135. The number of pyridine rings is 1. The maximum Gasteiger partial charge on any atom is 0.325 e. The number of aromatic nitrogens is 1. The maximum atomic E-state index is 11.9. The lowest BCUT2D eigenvalue weighted by molar-refractivity contribution is -0.141. The van der Waals surface area contributed by atoms with Gasteiger partial charge >= 0.3 is 5.97 Å². The van der Waals surface area contributed by atoms with Crippen molar-refractivity contribution in [1.29, 1.82) is 0 Å². The van der Waals surface area contributed by atoms with Crippen LogP contribution in [-0.4, -0.2) is 35.1 Å². The second-order valence-corrected chi connectivity index (χ2v) is 4.45. The molecule has 0 saturated carbocycles. The summed E-state index contributed by atoms with van der Waals surface area (Å²) >= 11 is 0. The number of nitrogens with zero attached hydrogens (tertiary/aromatic N) is 1. The van der Waals surface area contributed by atoms with E-state index in [-0.39, 0.29) is 24.6 Å². The van der Waals surface area contributed by atoms with Crippen molar-refractivity contribution >= 4 is 11.9 Å². The summed E-state index contributed by atoms with van der Waals surface area (Å²) in [6, 6.07) is 10.8. The monoisotopic (exact) mass is 300 g/mol. The van der Waals surface area contributed by atoms with E-state index < -0.39 is 11.9 Å². The molecule has 114 valence electrons. The van der Waals surface area contributed by atoms with Gasteiger partial charge in [0.1, 0.15) is 12.3 Å². The van der Waals surface area contributed by atoms with E-state index in [0.29, 0.717) is 5.56 Å². The third-order valence-corrected chi connectivity index (χ3v) is 2.89. The molecule has 22 heavy (non-hydrogen) atoms. The number of hydrogen-bond donors (Lipinski definition) is 2. The molecule has 0 aliphatic rings. The first-order chi connectivity index (χ1) is 10.6. The van der Waals surface area contributed by atoms with E-state index in [1.807, 2.05) is 30.3 Å². The number of ether oxygens (including phenoxy) is 1. The van der Waals surface area contributed by atoms with E-state index in [9.17, 15) is 14.7 Å². The van der Waals surface area contributed by atoms with Gasteiger partial charge in [0.25, 0.3) is 5.91 Å². The van der Waals surface area contributed by atoms with Gasteiger partial charge in [-0.1, -0.05) is 30.3 Å². The highest BCUT2D eigenvalue weighted by Crippen LogP contribution is 2.24. The number of benzene rings is 1. The molecule has 0 aliphatic heterocycles. The van der Waals surface area contributed by atoms with Gasteiger partial charge in [-0.25, -0.2) is 4.98 Å². The van der Waals surface area contributed by atoms with Crippen molar-refractivity contribution in [2.24, 2.45) is 0 Å². The van der Waals surface area contributed by atoms with Crippen LogP contribution in [0, 0.1) is 0 Å². The lowest BCUT2D eigenvalue weighted by atomic mass is 10.1.